The fourth-order valence-electron chi connectivity index (χ4n) is 3.60. The molecule has 0 aliphatic carbocycles. The number of methoxy groups -OCH3 is 1. The van der Waals surface area contributed by atoms with Crippen molar-refractivity contribution in [1.82, 2.24) is 10.2 Å². The Morgan fingerprint density at radius 2 is 1.89 bits per heavy atom. The number of nitrogens with zero attached hydrogens (tertiary/aromatic N) is 1. The number of benzene rings is 1. The van der Waals surface area contributed by atoms with Crippen LogP contribution >= 0.6 is 0 Å². The fraction of sp³-hybridized carbons (Fsp3) is 0.545. The van der Waals surface area contributed by atoms with E-state index in [9.17, 15) is 9.59 Å². The standard InChI is InChI=1S/C22H30N2O4/c1-13(2)14(3)23-21(25)16-8-10-24(11-9-16)22(26)20-15(4)28-19-7-6-17(27-5)12-18(19)20/h6-7,12-14,16H,8-11H2,1-5H3,(H,23,25). The van der Waals surface area contributed by atoms with Crippen LogP contribution in [0.5, 0.6) is 5.75 Å². The number of likely N-dealkylation sites (tertiary alicyclic amines) is 1. The van der Waals surface area contributed by atoms with Gasteiger partial charge in [-0.05, 0) is 50.8 Å². The van der Waals surface area contributed by atoms with Crippen LogP contribution in [-0.2, 0) is 4.79 Å². The molecule has 152 valence electrons. The smallest absolute Gasteiger partial charge is 0.258 e. The van der Waals surface area contributed by atoms with E-state index >= 15 is 0 Å². The second kappa shape index (κ2) is 8.25. The number of carbonyl (C=O) groups is 2. The van der Waals surface area contributed by atoms with E-state index in [4.69, 9.17) is 9.15 Å². The molecule has 1 fully saturated rings. The van der Waals surface area contributed by atoms with Gasteiger partial charge >= 0.3 is 0 Å². The molecule has 0 bridgehead atoms. The zero-order chi connectivity index (χ0) is 20.4. The molecule has 1 aliphatic rings. The van der Waals surface area contributed by atoms with Gasteiger partial charge in [0.05, 0.1) is 12.7 Å². The number of hydrogen-bond acceptors (Lipinski definition) is 4. The molecule has 1 aromatic carbocycles. The molecule has 1 saturated heterocycles. The van der Waals surface area contributed by atoms with Gasteiger partial charge in [0.15, 0.2) is 0 Å². The van der Waals surface area contributed by atoms with Crippen molar-refractivity contribution < 1.29 is 18.7 Å². The van der Waals surface area contributed by atoms with E-state index < -0.39 is 0 Å². The van der Waals surface area contributed by atoms with Crippen molar-refractivity contribution >= 4 is 22.8 Å². The molecule has 2 heterocycles. The van der Waals surface area contributed by atoms with Crippen LogP contribution in [0.1, 0.15) is 49.7 Å². The molecular weight excluding hydrogens is 356 g/mol. The van der Waals surface area contributed by atoms with Crippen molar-refractivity contribution in [2.45, 2.75) is 46.6 Å². The van der Waals surface area contributed by atoms with E-state index in [1.54, 1.807) is 7.11 Å². The van der Waals surface area contributed by atoms with Crippen molar-refractivity contribution in [3.05, 3.63) is 29.5 Å². The van der Waals surface area contributed by atoms with Gasteiger partial charge < -0.3 is 19.4 Å². The first-order valence-corrected chi connectivity index (χ1v) is 9.98. The Hall–Kier alpha value is -2.50. The van der Waals surface area contributed by atoms with Crippen LogP contribution in [-0.4, -0.2) is 43.0 Å². The highest BCUT2D eigenvalue weighted by molar-refractivity contribution is 6.07. The van der Waals surface area contributed by atoms with Gasteiger partial charge in [0, 0.05) is 30.4 Å². The summed E-state index contributed by atoms with van der Waals surface area (Å²) < 4.78 is 11.1. The van der Waals surface area contributed by atoms with Gasteiger partial charge in [-0.25, -0.2) is 0 Å². The summed E-state index contributed by atoms with van der Waals surface area (Å²) in [5, 5.41) is 3.87. The molecular formula is C22H30N2O4. The van der Waals surface area contributed by atoms with Gasteiger partial charge in [-0.3, -0.25) is 9.59 Å². The zero-order valence-electron chi connectivity index (χ0n) is 17.4. The molecule has 1 unspecified atom stereocenters. The Kier molecular flexibility index (Phi) is 5.96. The topological polar surface area (TPSA) is 71.8 Å². The Labute approximate surface area is 166 Å². The summed E-state index contributed by atoms with van der Waals surface area (Å²) in [7, 11) is 1.60. The van der Waals surface area contributed by atoms with Crippen LogP contribution in [0.3, 0.4) is 0 Å². The van der Waals surface area contributed by atoms with Gasteiger partial charge in [-0.2, -0.15) is 0 Å². The number of ether oxygens (including phenoxy) is 1. The van der Waals surface area contributed by atoms with Crippen LogP contribution < -0.4 is 10.1 Å². The number of carbonyl (C=O) groups excluding carboxylic acids is 2. The average molecular weight is 386 g/mol. The lowest BCUT2D eigenvalue weighted by Crippen LogP contribution is -2.45. The van der Waals surface area contributed by atoms with Crippen molar-refractivity contribution in [1.29, 1.82) is 0 Å². The van der Waals surface area contributed by atoms with E-state index in [0.717, 1.165) is 5.39 Å². The number of nitrogens with one attached hydrogen (secondary N) is 1. The molecule has 6 nitrogen and oxygen atoms in total. The Morgan fingerprint density at radius 3 is 2.50 bits per heavy atom. The van der Waals surface area contributed by atoms with Crippen LogP contribution in [0.4, 0.5) is 0 Å². The van der Waals surface area contributed by atoms with Crippen LogP contribution in [0.15, 0.2) is 22.6 Å². The maximum absolute atomic E-state index is 13.2. The number of amides is 2. The van der Waals surface area contributed by atoms with E-state index in [1.165, 1.54) is 0 Å². The van der Waals surface area contributed by atoms with E-state index in [2.05, 4.69) is 19.2 Å². The largest absolute Gasteiger partial charge is 0.497 e. The minimum absolute atomic E-state index is 0.0347. The summed E-state index contributed by atoms with van der Waals surface area (Å²) in [5.74, 6) is 1.73. The number of fused-ring (bicyclic) bond motifs is 1. The van der Waals surface area contributed by atoms with Gasteiger partial charge in [0.2, 0.25) is 5.91 Å². The van der Waals surface area contributed by atoms with Crippen LogP contribution in [0, 0.1) is 18.8 Å². The summed E-state index contributed by atoms with van der Waals surface area (Å²) in [6.45, 7) is 9.18. The first-order valence-electron chi connectivity index (χ1n) is 9.98. The second-order valence-electron chi connectivity index (χ2n) is 8.00. The van der Waals surface area contributed by atoms with E-state index in [-0.39, 0.29) is 23.8 Å². The molecule has 0 radical (unpaired) electrons. The van der Waals surface area contributed by atoms with Gasteiger partial charge in [-0.1, -0.05) is 13.8 Å². The maximum Gasteiger partial charge on any atom is 0.258 e. The van der Waals surface area contributed by atoms with Gasteiger partial charge in [0.1, 0.15) is 17.1 Å². The highest BCUT2D eigenvalue weighted by Gasteiger charge is 2.31. The third-order valence-corrected chi connectivity index (χ3v) is 5.81. The van der Waals surface area contributed by atoms with Crippen molar-refractivity contribution in [2.75, 3.05) is 20.2 Å². The fourth-order valence-corrected chi connectivity index (χ4v) is 3.60. The molecule has 6 heteroatoms. The molecule has 1 aliphatic heterocycles. The summed E-state index contributed by atoms with van der Waals surface area (Å²) in [6.07, 6.45) is 1.36. The summed E-state index contributed by atoms with van der Waals surface area (Å²) in [5.41, 5.74) is 1.27. The second-order valence-corrected chi connectivity index (χ2v) is 8.00. The molecule has 2 aromatic rings. The molecule has 1 aromatic heterocycles. The molecule has 3 rings (SSSR count). The Balaban J connectivity index is 1.70. The molecule has 2 amide bonds. The molecule has 0 saturated carbocycles. The first kappa shape index (κ1) is 20.2. The third kappa shape index (κ3) is 4.01. The number of rotatable bonds is 5. The van der Waals surface area contributed by atoms with Gasteiger partial charge in [0.25, 0.3) is 5.91 Å². The predicted molar refractivity (Wildman–Crippen MR) is 109 cm³/mol. The average Bonchev–Trinajstić information content (AvgIpc) is 3.02. The Bertz CT molecular complexity index is 863. The van der Waals surface area contributed by atoms with Gasteiger partial charge in [-0.15, -0.1) is 0 Å². The van der Waals surface area contributed by atoms with Crippen molar-refractivity contribution in [3.63, 3.8) is 0 Å². The quantitative estimate of drug-likeness (QED) is 0.849. The number of piperidine rings is 1. The summed E-state index contributed by atoms with van der Waals surface area (Å²) in [4.78, 5) is 27.5. The zero-order valence-corrected chi connectivity index (χ0v) is 17.4. The predicted octanol–water partition coefficient (Wildman–Crippen LogP) is 3.76. The maximum atomic E-state index is 13.2. The summed E-state index contributed by atoms with van der Waals surface area (Å²) in [6, 6.07) is 5.64. The molecule has 28 heavy (non-hydrogen) atoms. The Morgan fingerprint density at radius 1 is 1.21 bits per heavy atom. The lowest BCUT2D eigenvalue weighted by Gasteiger charge is -2.32. The molecule has 1 N–H and O–H groups in total. The highest BCUT2D eigenvalue weighted by Crippen LogP contribution is 2.31. The van der Waals surface area contributed by atoms with Crippen molar-refractivity contribution in [3.8, 4) is 5.75 Å². The number of aryl methyl sites for hydroxylation is 1. The lowest BCUT2D eigenvalue weighted by atomic mass is 9.94. The van der Waals surface area contributed by atoms with Crippen LogP contribution in [0.2, 0.25) is 0 Å². The third-order valence-electron chi connectivity index (χ3n) is 5.81. The normalized spacial score (nSPS) is 16.4. The lowest BCUT2D eigenvalue weighted by molar-refractivity contribution is -0.127. The van der Waals surface area contributed by atoms with E-state index in [0.29, 0.717) is 54.5 Å². The van der Waals surface area contributed by atoms with Crippen molar-refractivity contribution in [2.24, 2.45) is 11.8 Å². The first-order chi connectivity index (χ1) is 13.3. The SMILES string of the molecule is COc1ccc2oc(C)c(C(=O)N3CCC(C(=O)NC(C)C(C)C)CC3)c2c1. The number of furan rings is 1. The molecule has 0 spiro atoms. The number of hydrogen-bond donors (Lipinski definition) is 1. The minimum atomic E-state index is -0.0427. The monoisotopic (exact) mass is 386 g/mol. The minimum Gasteiger partial charge on any atom is -0.497 e. The highest BCUT2D eigenvalue weighted by atomic mass is 16.5. The van der Waals surface area contributed by atoms with Crippen LogP contribution in [0.25, 0.3) is 11.0 Å². The van der Waals surface area contributed by atoms with E-state index in [1.807, 2.05) is 36.9 Å². The molecule has 1 atom stereocenters. The summed E-state index contributed by atoms with van der Waals surface area (Å²) >= 11 is 0.